The highest BCUT2D eigenvalue weighted by Gasteiger charge is 2.26. The minimum absolute atomic E-state index is 0.0208. The van der Waals surface area contributed by atoms with Gasteiger partial charge in [-0.1, -0.05) is 12.1 Å². The van der Waals surface area contributed by atoms with Crippen molar-refractivity contribution in [1.29, 1.82) is 0 Å². The third-order valence-corrected chi connectivity index (χ3v) is 5.01. The zero-order valence-corrected chi connectivity index (χ0v) is 16.2. The first-order chi connectivity index (χ1) is 15.0. The van der Waals surface area contributed by atoms with Crippen molar-refractivity contribution >= 4 is 41.1 Å². The number of carbonyl (C=O) groups excluding carboxylic acids is 3. The van der Waals surface area contributed by atoms with E-state index in [9.17, 15) is 18.8 Å². The molecule has 9 nitrogen and oxygen atoms in total. The second-order valence-corrected chi connectivity index (χ2v) is 7.44. The van der Waals surface area contributed by atoms with Crippen molar-refractivity contribution in [3.8, 4) is 0 Å². The van der Waals surface area contributed by atoms with Crippen LogP contribution in [0.15, 0.2) is 42.1 Å². The van der Waals surface area contributed by atoms with Crippen LogP contribution in [-0.2, 0) is 9.59 Å². The third-order valence-electron chi connectivity index (χ3n) is 5.01. The van der Waals surface area contributed by atoms with E-state index in [0.29, 0.717) is 28.6 Å². The molecule has 3 N–H and O–H groups in total. The molecular formula is C21H17FN6O3. The summed E-state index contributed by atoms with van der Waals surface area (Å²) in [5.74, 6) is -1.28. The molecule has 3 heterocycles. The highest BCUT2D eigenvalue weighted by Crippen LogP contribution is 2.28. The molecule has 10 heteroatoms. The first kappa shape index (κ1) is 18.9. The van der Waals surface area contributed by atoms with Crippen molar-refractivity contribution in [1.82, 2.24) is 19.9 Å². The molecule has 0 spiro atoms. The van der Waals surface area contributed by atoms with E-state index in [0.717, 1.165) is 12.8 Å². The van der Waals surface area contributed by atoms with Crippen LogP contribution in [0, 0.1) is 5.82 Å². The Labute approximate surface area is 175 Å². The van der Waals surface area contributed by atoms with Crippen LogP contribution in [0.3, 0.4) is 0 Å². The molecule has 3 amide bonds. The van der Waals surface area contributed by atoms with Crippen molar-refractivity contribution < 1.29 is 18.8 Å². The van der Waals surface area contributed by atoms with Crippen LogP contribution in [-0.4, -0.2) is 38.4 Å². The lowest BCUT2D eigenvalue weighted by molar-refractivity contribution is -0.124. The molecule has 1 saturated heterocycles. The number of imide groups is 1. The van der Waals surface area contributed by atoms with Crippen molar-refractivity contribution in [3.63, 3.8) is 0 Å². The van der Waals surface area contributed by atoms with E-state index in [4.69, 9.17) is 0 Å². The summed E-state index contributed by atoms with van der Waals surface area (Å²) < 4.78 is 15.6. The zero-order valence-electron chi connectivity index (χ0n) is 16.2. The number of hydrogen-bond acceptors (Lipinski definition) is 6. The SMILES string of the molecule is O=C1C/C(=C\c2cnn3c(NC4CC4)cc(NC(=O)c4ccccc4F)nc23)C(=O)N1. The summed E-state index contributed by atoms with van der Waals surface area (Å²) in [6.07, 6.45) is 5.10. The lowest BCUT2D eigenvalue weighted by Gasteiger charge is -2.11. The molecule has 0 atom stereocenters. The smallest absolute Gasteiger partial charge is 0.259 e. The molecule has 31 heavy (non-hydrogen) atoms. The second-order valence-electron chi connectivity index (χ2n) is 7.44. The van der Waals surface area contributed by atoms with Crippen LogP contribution in [0.2, 0.25) is 0 Å². The van der Waals surface area contributed by atoms with Crippen molar-refractivity contribution in [2.45, 2.75) is 25.3 Å². The van der Waals surface area contributed by atoms with Crippen LogP contribution in [0.25, 0.3) is 11.7 Å². The number of aromatic nitrogens is 3. The van der Waals surface area contributed by atoms with Crippen molar-refractivity contribution in [2.75, 3.05) is 10.6 Å². The standard InChI is InChI=1S/C21H17FN6O3/c22-15-4-2-1-3-14(15)21(31)26-16-9-17(24-13-5-6-13)28-19(25-16)12(10-23-28)7-11-8-18(29)27-20(11)30/h1-4,7,9-10,13,24H,5-6,8H2,(H,25,26,31)(H,27,29,30)/b11-7+. The number of hydrogen-bond donors (Lipinski definition) is 3. The second kappa shape index (κ2) is 7.31. The Morgan fingerprint density at radius 1 is 1.26 bits per heavy atom. The Kier molecular flexibility index (Phi) is 4.46. The predicted molar refractivity (Wildman–Crippen MR) is 110 cm³/mol. The molecule has 3 aromatic rings. The number of halogens is 1. The van der Waals surface area contributed by atoms with Crippen LogP contribution in [0.4, 0.5) is 16.0 Å². The van der Waals surface area contributed by atoms with Gasteiger partial charge in [0, 0.05) is 23.2 Å². The van der Waals surface area contributed by atoms with E-state index in [1.165, 1.54) is 24.4 Å². The Morgan fingerprint density at radius 3 is 2.77 bits per heavy atom. The van der Waals surface area contributed by atoms with Gasteiger partial charge in [-0.15, -0.1) is 0 Å². The van der Waals surface area contributed by atoms with Gasteiger partial charge in [-0.05, 0) is 31.1 Å². The summed E-state index contributed by atoms with van der Waals surface area (Å²) in [5.41, 5.74) is 1.10. The Hall–Kier alpha value is -4.08. The number of nitrogens with zero attached hydrogens (tertiary/aromatic N) is 3. The van der Waals surface area contributed by atoms with Gasteiger partial charge < -0.3 is 10.6 Å². The molecule has 2 aromatic heterocycles. The summed E-state index contributed by atoms with van der Waals surface area (Å²) in [5, 5.41) is 12.5. The maximum Gasteiger partial charge on any atom is 0.259 e. The van der Waals surface area contributed by atoms with Crippen molar-refractivity contribution in [3.05, 3.63) is 59.0 Å². The van der Waals surface area contributed by atoms with Crippen LogP contribution in [0.1, 0.15) is 35.2 Å². The predicted octanol–water partition coefficient (Wildman–Crippen LogP) is 2.12. The first-order valence-corrected chi connectivity index (χ1v) is 9.74. The maximum atomic E-state index is 14.0. The van der Waals surface area contributed by atoms with E-state index >= 15 is 0 Å². The van der Waals surface area contributed by atoms with Gasteiger partial charge in [-0.25, -0.2) is 9.37 Å². The summed E-state index contributed by atoms with van der Waals surface area (Å²) in [7, 11) is 0. The van der Waals surface area contributed by atoms with Gasteiger partial charge in [-0.3, -0.25) is 19.7 Å². The normalized spacial score (nSPS) is 17.3. The van der Waals surface area contributed by atoms with Gasteiger partial charge in [0.1, 0.15) is 17.5 Å². The lowest BCUT2D eigenvalue weighted by Crippen LogP contribution is -2.19. The molecule has 0 unspecified atom stereocenters. The average Bonchev–Trinajstić information content (AvgIpc) is 3.37. The first-order valence-electron chi connectivity index (χ1n) is 9.74. The highest BCUT2D eigenvalue weighted by molar-refractivity contribution is 6.15. The fraction of sp³-hybridized carbons (Fsp3) is 0.190. The van der Waals surface area contributed by atoms with E-state index < -0.39 is 17.6 Å². The molecule has 156 valence electrons. The quantitative estimate of drug-likeness (QED) is 0.430. The topological polar surface area (TPSA) is 117 Å². The van der Waals surface area contributed by atoms with E-state index in [1.807, 2.05) is 0 Å². The van der Waals surface area contributed by atoms with Gasteiger partial charge in [0.2, 0.25) is 5.91 Å². The molecule has 2 fully saturated rings. The van der Waals surface area contributed by atoms with Crippen LogP contribution in [0.5, 0.6) is 0 Å². The third kappa shape index (κ3) is 3.75. The number of benzene rings is 1. The number of rotatable bonds is 5. The van der Waals surface area contributed by atoms with Gasteiger partial charge in [0.15, 0.2) is 5.65 Å². The van der Waals surface area contributed by atoms with Gasteiger partial charge >= 0.3 is 0 Å². The number of amides is 3. The fourth-order valence-corrected chi connectivity index (χ4v) is 3.32. The molecule has 1 aliphatic carbocycles. The molecule has 1 saturated carbocycles. The van der Waals surface area contributed by atoms with Gasteiger partial charge in [-0.2, -0.15) is 9.61 Å². The molecular weight excluding hydrogens is 403 g/mol. The molecule has 5 rings (SSSR count). The summed E-state index contributed by atoms with van der Waals surface area (Å²) in [6, 6.07) is 7.59. The minimum Gasteiger partial charge on any atom is -0.367 e. The van der Waals surface area contributed by atoms with Crippen LogP contribution < -0.4 is 16.0 Å². The van der Waals surface area contributed by atoms with E-state index in [-0.39, 0.29) is 23.7 Å². The van der Waals surface area contributed by atoms with E-state index in [2.05, 4.69) is 26.0 Å². The Bertz CT molecular complexity index is 1280. The largest absolute Gasteiger partial charge is 0.367 e. The Balaban J connectivity index is 1.54. The minimum atomic E-state index is -0.635. The van der Waals surface area contributed by atoms with Gasteiger partial charge in [0.25, 0.3) is 11.8 Å². The fourth-order valence-electron chi connectivity index (χ4n) is 3.32. The zero-order chi connectivity index (χ0) is 21.5. The van der Waals surface area contributed by atoms with E-state index in [1.54, 1.807) is 22.7 Å². The lowest BCUT2D eigenvalue weighted by atomic mass is 10.1. The highest BCUT2D eigenvalue weighted by atomic mass is 19.1. The summed E-state index contributed by atoms with van der Waals surface area (Å²) in [4.78, 5) is 40.4. The molecule has 0 bridgehead atoms. The summed E-state index contributed by atoms with van der Waals surface area (Å²) in [6.45, 7) is 0. The maximum absolute atomic E-state index is 14.0. The monoisotopic (exact) mass is 420 g/mol. The number of carbonyl (C=O) groups is 3. The Morgan fingerprint density at radius 2 is 2.06 bits per heavy atom. The average molecular weight is 420 g/mol. The number of fused-ring (bicyclic) bond motifs is 1. The number of anilines is 2. The van der Waals surface area contributed by atoms with Crippen LogP contribution >= 0.6 is 0 Å². The van der Waals surface area contributed by atoms with Gasteiger partial charge in [0.05, 0.1) is 18.2 Å². The molecule has 1 aromatic carbocycles. The molecule has 1 aliphatic heterocycles. The molecule has 2 aliphatic rings. The number of nitrogens with one attached hydrogen (secondary N) is 3. The molecule has 0 radical (unpaired) electrons. The summed E-state index contributed by atoms with van der Waals surface area (Å²) >= 11 is 0. The van der Waals surface area contributed by atoms with Crippen molar-refractivity contribution in [2.24, 2.45) is 0 Å².